The zero-order chi connectivity index (χ0) is 26.3. The summed E-state index contributed by atoms with van der Waals surface area (Å²) in [6, 6.07) is 17.5. The molecule has 8 heteroatoms. The van der Waals surface area contributed by atoms with Crippen LogP contribution < -0.4 is 10.2 Å². The first-order valence-electron chi connectivity index (χ1n) is 13.0. The van der Waals surface area contributed by atoms with Crippen LogP contribution in [0.2, 0.25) is 0 Å². The van der Waals surface area contributed by atoms with Crippen molar-refractivity contribution in [3.05, 3.63) is 95.8 Å². The van der Waals surface area contributed by atoms with E-state index in [4.69, 9.17) is 0 Å². The number of benzene rings is 2. The summed E-state index contributed by atoms with van der Waals surface area (Å²) in [6.45, 7) is 6.55. The molecule has 4 aromatic rings. The van der Waals surface area contributed by atoms with E-state index in [0.717, 1.165) is 40.0 Å². The van der Waals surface area contributed by atoms with Gasteiger partial charge in [0.2, 0.25) is 5.91 Å². The molecule has 2 aromatic carbocycles. The van der Waals surface area contributed by atoms with Gasteiger partial charge in [-0.05, 0) is 31.2 Å². The fourth-order valence-corrected chi connectivity index (χ4v) is 6.09. The molecule has 0 saturated carbocycles. The second-order valence-electron chi connectivity index (χ2n) is 10.1. The molecule has 0 bridgehead atoms. The number of carbonyl (C=O) groups is 2. The van der Waals surface area contributed by atoms with E-state index >= 15 is 0 Å². The van der Waals surface area contributed by atoms with Crippen LogP contribution in [0.4, 0.5) is 5.69 Å². The number of fused-ring (bicyclic) bond motifs is 3. The minimum atomic E-state index is -0.897. The normalized spacial score (nSPS) is 20.9. The van der Waals surface area contributed by atoms with Gasteiger partial charge < -0.3 is 15.1 Å². The summed E-state index contributed by atoms with van der Waals surface area (Å²) in [5.74, 6) is -0.136. The SMILES string of the molecule is CCNCC1CN(c2cncc3ccccc23)C(=O)C12CN(Cc1cc(C)ncn1)C(=O)c1ccccc12. The Morgan fingerprint density at radius 3 is 2.71 bits per heavy atom. The van der Waals surface area contributed by atoms with Gasteiger partial charge in [-0.1, -0.05) is 49.4 Å². The first kappa shape index (κ1) is 24.2. The maximum absolute atomic E-state index is 14.7. The Morgan fingerprint density at radius 1 is 1.05 bits per heavy atom. The molecule has 2 aliphatic heterocycles. The number of aromatic nitrogens is 3. The number of nitrogens with one attached hydrogen (secondary N) is 1. The van der Waals surface area contributed by atoms with Crippen molar-refractivity contribution in [2.24, 2.45) is 5.92 Å². The molecule has 1 spiro atoms. The van der Waals surface area contributed by atoms with Crippen LogP contribution in [0.5, 0.6) is 0 Å². The molecule has 4 heterocycles. The van der Waals surface area contributed by atoms with Gasteiger partial charge >= 0.3 is 0 Å². The summed E-state index contributed by atoms with van der Waals surface area (Å²) in [7, 11) is 0. The molecule has 1 saturated heterocycles. The Morgan fingerprint density at radius 2 is 1.87 bits per heavy atom. The van der Waals surface area contributed by atoms with Gasteiger partial charge in [0.1, 0.15) is 6.33 Å². The largest absolute Gasteiger partial charge is 0.331 e. The van der Waals surface area contributed by atoms with E-state index in [1.165, 1.54) is 6.33 Å². The summed E-state index contributed by atoms with van der Waals surface area (Å²) >= 11 is 0. The standard InChI is InChI=1S/C30H30N6O2/c1-3-31-14-22-16-36(27-15-32-13-21-8-4-5-9-24(21)27)29(38)30(22)18-35(17-23-12-20(2)33-19-34-23)28(37)25-10-6-7-11-26(25)30/h4-13,15,19,22,31H,3,14,16-18H2,1-2H3. The van der Waals surface area contributed by atoms with Crippen molar-refractivity contribution in [2.75, 3.05) is 31.1 Å². The number of anilines is 1. The maximum Gasteiger partial charge on any atom is 0.254 e. The number of amides is 2. The Balaban J connectivity index is 1.49. The van der Waals surface area contributed by atoms with E-state index in [9.17, 15) is 9.59 Å². The van der Waals surface area contributed by atoms with E-state index in [1.807, 2.05) is 72.6 Å². The molecule has 8 nitrogen and oxygen atoms in total. The lowest BCUT2D eigenvalue weighted by atomic mass is 9.67. The summed E-state index contributed by atoms with van der Waals surface area (Å²) in [4.78, 5) is 45.2. The van der Waals surface area contributed by atoms with Gasteiger partial charge in [0.25, 0.3) is 5.91 Å². The van der Waals surface area contributed by atoms with Crippen LogP contribution >= 0.6 is 0 Å². The van der Waals surface area contributed by atoms with Crippen molar-refractivity contribution in [1.29, 1.82) is 0 Å². The monoisotopic (exact) mass is 506 g/mol. The van der Waals surface area contributed by atoms with E-state index < -0.39 is 5.41 Å². The molecular formula is C30H30N6O2. The fraction of sp³-hybridized carbons (Fsp3) is 0.300. The van der Waals surface area contributed by atoms with Crippen LogP contribution in [0, 0.1) is 12.8 Å². The predicted molar refractivity (Wildman–Crippen MR) is 146 cm³/mol. The van der Waals surface area contributed by atoms with E-state index in [0.29, 0.717) is 25.2 Å². The summed E-state index contributed by atoms with van der Waals surface area (Å²) in [6.07, 6.45) is 5.13. The van der Waals surface area contributed by atoms with Crippen molar-refractivity contribution in [1.82, 2.24) is 25.2 Å². The number of aryl methyl sites for hydroxylation is 1. The van der Waals surface area contributed by atoms with Gasteiger partial charge in [-0.3, -0.25) is 14.6 Å². The third kappa shape index (κ3) is 3.83. The van der Waals surface area contributed by atoms with Crippen LogP contribution in [0.3, 0.4) is 0 Å². The van der Waals surface area contributed by atoms with Gasteiger partial charge in [-0.15, -0.1) is 0 Å². The van der Waals surface area contributed by atoms with Gasteiger partial charge in [0.05, 0.1) is 29.5 Å². The third-order valence-electron chi connectivity index (χ3n) is 7.88. The quantitative estimate of drug-likeness (QED) is 0.431. The highest BCUT2D eigenvalue weighted by Gasteiger charge is 2.59. The average molecular weight is 507 g/mol. The molecular weight excluding hydrogens is 476 g/mol. The highest BCUT2D eigenvalue weighted by molar-refractivity contribution is 6.12. The molecule has 2 aromatic heterocycles. The van der Waals surface area contributed by atoms with E-state index in [2.05, 4.69) is 27.2 Å². The topological polar surface area (TPSA) is 91.3 Å². The molecule has 2 aliphatic rings. The Bertz CT molecular complexity index is 1530. The van der Waals surface area contributed by atoms with Crippen LogP contribution in [-0.4, -0.2) is 57.8 Å². The Kier molecular flexibility index (Phi) is 6.12. The average Bonchev–Trinajstić information content (AvgIpc) is 3.21. The number of rotatable bonds is 6. The van der Waals surface area contributed by atoms with Crippen molar-refractivity contribution in [3.8, 4) is 0 Å². The van der Waals surface area contributed by atoms with Gasteiger partial charge in [-0.2, -0.15) is 0 Å². The first-order chi connectivity index (χ1) is 18.5. The lowest BCUT2D eigenvalue weighted by Gasteiger charge is -2.43. The highest BCUT2D eigenvalue weighted by atomic mass is 16.2. The highest BCUT2D eigenvalue weighted by Crippen LogP contribution is 2.47. The maximum atomic E-state index is 14.7. The van der Waals surface area contributed by atoms with Crippen molar-refractivity contribution < 1.29 is 9.59 Å². The van der Waals surface area contributed by atoms with Crippen LogP contribution in [0.15, 0.2) is 73.3 Å². The number of hydrogen-bond acceptors (Lipinski definition) is 6. The summed E-state index contributed by atoms with van der Waals surface area (Å²) < 4.78 is 0. The van der Waals surface area contributed by atoms with Crippen LogP contribution in [0.25, 0.3) is 10.8 Å². The fourth-order valence-electron chi connectivity index (χ4n) is 6.09. The second-order valence-corrected chi connectivity index (χ2v) is 10.1. The van der Waals surface area contributed by atoms with Crippen molar-refractivity contribution in [2.45, 2.75) is 25.8 Å². The Hall–Kier alpha value is -4.17. The first-order valence-corrected chi connectivity index (χ1v) is 13.0. The van der Waals surface area contributed by atoms with E-state index in [1.54, 1.807) is 11.1 Å². The number of nitrogens with zero attached hydrogens (tertiary/aromatic N) is 5. The zero-order valence-electron chi connectivity index (χ0n) is 21.6. The molecule has 2 amide bonds. The van der Waals surface area contributed by atoms with Crippen LogP contribution in [-0.2, 0) is 16.8 Å². The zero-order valence-corrected chi connectivity index (χ0v) is 21.6. The molecule has 192 valence electrons. The molecule has 2 unspecified atom stereocenters. The molecule has 1 N–H and O–H groups in total. The lowest BCUT2D eigenvalue weighted by Crippen LogP contribution is -2.57. The molecule has 0 aliphatic carbocycles. The number of carbonyl (C=O) groups excluding carboxylic acids is 2. The van der Waals surface area contributed by atoms with Gasteiger partial charge in [0.15, 0.2) is 0 Å². The van der Waals surface area contributed by atoms with Crippen LogP contribution in [0.1, 0.15) is 34.2 Å². The summed E-state index contributed by atoms with van der Waals surface area (Å²) in [5, 5.41) is 5.46. The van der Waals surface area contributed by atoms with Crippen molar-refractivity contribution >= 4 is 28.3 Å². The Labute approximate surface area is 221 Å². The minimum Gasteiger partial charge on any atom is -0.331 e. The minimum absolute atomic E-state index is 0.00220. The van der Waals surface area contributed by atoms with Gasteiger partial charge in [-0.25, -0.2) is 9.97 Å². The number of pyridine rings is 1. The lowest BCUT2D eigenvalue weighted by molar-refractivity contribution is -0.123. The number of hydrogen-bond donors (Lipinski definition) is 1. The van der Waals surface area contributed by atoms with Crippen molar-refractivity contribution in [3.63, 3.8) is 0 Å². The summed E-state index contributed by atoms with van der Waals surface area (Å²) in [5.41, 5.74) is 2.89. The molecule has 6 rings (SSSR count). The smallest absolute Gasteiger partial charge is 0.254 e. The predicted octanol–water partition coefficient (Wildman–Crippen LogP) is 3.50. The molecule has 0 radical (unpaired) electrons. The van der Waals surface area contributed by atoms with E-state index in [-0.39, 0.29) is 24.3 Å². The molecule has 1 fully saturated rings. The van der Waals surface area contributed by atoms with Gasteiger partial charge in [0, 0.05) is 53.8 Å². The third-order valence-corrected chi connectivity index (χ3v) is 7.88. The second kappa shape index (κ2) is 9.61. The molecule has 38 heavy (non-hydrogen) atoms. The molecule has 2 atom stereocenters.